The smallest absolute Gasteiger partial charge is 0.388 e. The second-order valence-electron chi connectivity index (χ2n) is 5.85. The summed E-state index contributed by atoms with van der Waals surface area (Å²) in [6.45, 7) is 1.53. The van der Waals surface area contributed by atoms with Crippen LogP contribution in [0.15, 0.2) is 109 Å². The Morgan fingerprint density at radius 3 is 1.21 bits per heavy atom. The summed E-state index contributed by atoms with van der Waals surface area (Å²) in [5.41, 5.74) is 9.08. The van der Waals surface area contributed by atoms with E-state index in [1.165, 1.54) is 6.92 Å². The van der Waals surface area contributed by atoms with Crippen LogP contribution in [0.25, 0.3) is 22.5 Å². The summed E-state index contributed by atoms with van der Waals surface area (Å²) in [6.07, 6.45) is 3.62. The summed E-state index contributed by atoms with van der Waals surface area (Å²) >= 11 is 0. The number of rotatable bonds is 2. The molecule has 0 spiro atoms. The number of nitrogens with zero attached hydrogens (tertiary/aromatic N) is 2. The van der Waals surface area contributed by atoms with E-state index in [1.54, 1.807) is 0 Å². The zero-order chi connectivity index (χ0) is 20.0. The van der Waals surface area contributed by atoms with Crippen LogP contribution >= 0.6 is 0 Å². The molecule has 3 N–H and O–H groups in total. The predicted octanol–water partition coefficient (Wildman–Crippen LogP) is 5.44. The molecule has 4 rings (SSSR count). The molecule has 29 heavy (non-hydrogen) atoms. The molecule has 0 aliphatic carbocycles. The molecule has 5 heteroatoms. The molecule has 0 radical (unpaired) electrons. The maximum atomic E-state index is 6.28. The average molecular weight is 561 g/mol. The van der Waals surface area contributed by atoms with Crippen molar-refractivity contribution < 1.29 is 20.1 Å². The maximum Gasteiger partial charge on any atom is 3.00 e. The largest absolute Gasteiger partial charge is 3.00 e. The number of pyridine rings is 2. The van der Waals surface area contributed by atoms with Gasteiger partial charge in [-0.2, -0.15) is 0 Å². The zero-order valence-electron chi connectivity index (χ0n) is 16.2. The van der Waals surface area contributed by atoms with Crippen molar-refractivity contribution in [1.82, 2.24) is 9.97 Å². The van der Waals surface area contributed by atoms with Gasteiger partial charge in [0, 0.05) is 23.5 Å². The van der Waals surface area contributed by atoms with Crippen molar-refractivity contribution in [3.05, 3.63) is 109 Å². The van der Waals surface area contributed by atoms with Crippen LogP contribution in [0.3, 0.4) is 0 Å². The fourth-order valence-electron chi connectivity index (χ4n) is 2.28. The number of hydrogen-bond donors (Lipinski definition) is 2. The van der Waals surface area contributed by atoms with E-state index in [9.17, 15) is 0 Å². The molecule has 0 saturated heterocycles. The van der Waals surface area contributed by atoms with Gasteiger partial charge in [-0.1, -0.05) is 72.8 Å². The van der Waals surface area contributed by atoms with Gasteiger partial charge in [0.05, 0.1) is 17.2 Å². The standard InChI is InChI=1S/2C11H9N.C2H6N2.Ir/c2*1-2-6-10(7-3-1)11-8-4-5-9-12-11;1-2(3)4;/h2*1-9H;1H3,(H3,3,4);/q;;;+3. The SMILES string of the molecule is CC(=N)N.[Ir+3].c1ccc(-c2ccccn2)cc1.c1ccc(-c2ccccn2)cc1. The third-order valence-electron chi connectivity index (χ3n) is 3.47. The van der Waals surface area contributed by atoms with E-state index in [-0.39, 0.29) is 25.9 Å². The Balaban J connectivity index is 0.000000239. The number of amidine groups is 1. The third-order valence-corrected chi connectivity index (χ3v) is 3.47. The third kappa shape index (κ3) is 9.56. The number of nitrogens with one attached hydrogen (secondary N) is 1. The van der Waals surface area contributed by atoms with Crippen molar-refractivity contribution in [2.45, 2.75) is 6.92 Å². The van der Waals surface area contributed by atoms with Crippen LogP contribution in [0.5, 0.6) is 0 Å². The molecular weight excluding hydrogens is 537 g/mol. The number of aromatic nitrogens is 2. The van der Waals surface area contributed by atoms with Crippen molar-refractivity contribution in [2.24, 2.45) is 5.73 Å². The van der Waals surface area contributed by atoms with Gasteiger partial charge in [0.1, 0.15) is 0 Å². The molecule has 0 aliphatic rings. The van der Waals surface area contributed by atoms with E-state index in [2.05, 4.69) is 34.2 Å². The summed E-state index contributed by atoms with van der Waals surface area (Å²) in [5.74, 6) is 0.167. The quantitative estimate of drug-likeness (QED) is 0.253. The molecule has 0 bridgehead atoms. The van der Waals surface area contributed by atoms with Crippen molar-refractivity contribution in [3.8, 4) is 22.5 Å². The minimum Gasteiger partial charge on any atom is -0.388 e. The average Bonchev–Trinajstić information content (AvgIpc) is 2.76. The monoisotopic (exact) mass is 561 g/mol. The first-order valence-electron chi connectivity index (χ1n) is 8.90. The number of benzene rings is 2. The second kappa shape index (κ2) is 13.9. The summed E-state index contributed by atoms with van der Waals surface area (Å²) in [5, 5.41) is 6.28. The first-order chi connectivity index (χ1) is 13.7. The first kappa shape index (κ1) is 23.9. The zero-order valence-corrected chi connectivity index (χ0v) is 18.6. The fourth-order valence-corrected chi connectivity index (χ4v) is 2.28. The summed E-state index contributed by atoms with van der Waals surface area (Å²) < 4.78 is 0. The Bertz CT molecular complexity index is 777. The second-order valence-corrected chi connectivity index (χ2v) is 5.85. The molecule has 0 saturated carbocycles. The summed E-state index contributed by atoms with van der Waals surface area (Å²) in [6, 6.07) is 32.2. The van der Waals surface area contributed by atoms with E-state index in [4.69, 9.17) is 11.1 Å². The molecule has 4 aromatic rings. The van der Waals surface area contributed by atoms with Gasteiger partial charge in [-0.25, -0.2) is 0 Å². The van der Waals surface area contributed by atoms with Gasteiger partial charge in [0.2, 0.25) is 0 Å². The minimum atomic E-state index is 0. The maximum absolute atomic E-state index is 6.28. The van der Waals surface area contributed by atoms with Crippen molar-refractivity contribution in [1.29, 1.82) is 5.41 Å². The molecule has 4 nitrogen and oxygen atoms in total. The topological polar surface area (TPSA) is 75.7 Å². The fraction of sp³-hybridized carbons (Fsp3) is 0.0417. The molecule has 146 valence electrons. The van der Waals surface area contributed by atoms with Crippen LogP contribution in [0.4, 0.5) is 0 Å². The van der Waals surface area contributed by atoms with Crippen LogP contribution in [0.1, 0.15) is 6.92 Å². The molecule has 0 aliphatic heterocycles. The van der Waals surface area contributed by atoms with Crippen molar-refractivity contribution >= 4 is 5.84 Å². The Labute approximate surface area is 185 Å². The first-order valence-corrected chi connectivity index (χ1v) is 8.90. The van der Waals surface area contributed by atoms with Gasteiger partial charge in [-0.15, -0.1) is 0 Å². The molecule has 0 atom stereocenters. The molecule has 0 unspecified atom stereocenters. The number of hydrogen-bond acceptors (Lipinski definition) is 3. The minimum absolute atomic E-state index is 0. The molecule has 2 aromatic carbocycles. The van der Waals surface area contributed by atoms with E-state index in [0.717, 1.165) is 22.5 Å². The Morgan fingerprint density at radius 1 is 0.621 bits per heavy atom. The van der Waals surface area contributed by atoms with Gasteiger partial charge in [0.25, 0.3) is 0 Å². The summed E-state index contributed by atoms with van der Waals surface area (Å²) in [7, 11) is 0. The van der Waals surface area contributed by atoms with Crippen molar-refractivity contribution in [3.63, 3.8) is 0 Å². The molecule has 0 fully saturated rings. The van der Waals surface area contributed by atoms with Crippen LogP contribution in [0.2, 0.25) is 0 Å². The van der Waals surface area contributed by atoms with E-state index in [1.807, 2.05) is 85.2 Å². The van der Waals surface area contributed by atoms with E-state index in [0.29, 0.717) is 0 Å². The van der Waals surface area contributed by atoms with Gasteiger partial charge in [-0.3, -0.25) is 15.4 Å². The van der Waals surface area contributed by atoms with E-state index < -0.39 is 0 Å². The van der Waals surface area contributed by atoms with Crippen LogP contribution in [-0.2, 0) is 20.1 Å². The van der Waals surface area contributed by atoms with Gasteiger partial charge >= 0.3 is 20.1 Å². The Morgan fingerprint density at radius 2 is 0.931 bits per heavy atom. The van der Waals surface area contributed by atoms with Gasteiger partial charge in [-0.05, 0) is 31.2 Å². The van der Waals surface area contributed by atoms with Crippen LogP contribution < -0.4 is 5.73 Å². The molecular formula is C24H24IrN4+3. The Hall–Kier alpha value is -3.14. The normalized spacial score (nSPS) is 8.86. The molecule has 0 amide bonds. The summed E-state index contributed by atoms with van der Waals surface area (Å²) in [4.78, 5) is 8.50. The van der Waals surface area contributed by atoms with Gasteiger partial charge < -0.3 is 5.73 Å². The van der Waals surface area contributed by atoms with Crippen LogP contribution in [-0.4, -0.2) is 15.8 Å². The van der Waals surface area contributed by atoms with Crippen LogP contribution in [0, 0.1) is 5.41 Å². The van der Waals surface area contributed by atoms with Crippen molar-refractivity contribution in [2.75, 3.05) is 0 Å². The van der Waals surface area contributed by atoms with Gasteiger partial charge in [0.15, 0.2) is 0 Å². The Kier molecular flexibility index (Phi) is 11.5. The van der Waals surface area contributed by atoms with E-state index >= 15 is 0 Å². The predicted molar refractivity (Wildman–Crippen MR) is 117 cm³/mol. The number of nitrogens with two attached hydrogens (primary N) is 1. The molecule has 2 aromatic heterocycles. The molecule has 2 heterocycles.